The van der Waals surface area contributed by atoms with Crippen LogP contribution in [0.2, 0.25) is 0 Å². The molecule has 0 radical (unpaired) electrons. The van der Waals surface area contributed by atoms with Crippen molar-refractivity contribution >= 4 is 33.6 Å². The molecule has 5 nitrogen and oxygen atoms in total. The van der Waals surface area contributed by atoms with Crippen LogP contribution in [-0.4, -0.2) is 26.8 Å². The lowest BCUT2D eigenvalue weighted by atomic mass is 10.1. The summed E-state index contributed by atoms with van der Waals surface area (Å²) >= 11 is 1.18. The second-order valence-electron chi connectivity index (χ2n) is 3.68. The normalized spacial score (nSPS) is 15.8. The van der Waals surface area contributed by atoms with E-state index in [0.717, 1.165) is 22.2 Å². The average Bonchev–Trinajstić information content (AvgIpc) is 2.73. The van der Waals surface area contributed by atoms with E-state index in [1.165, 1.54) is 11.8 Å². The van der Waals surface area contributed by atoms with Crippen LogP contribution in [0.25, 0.3) is 10.9 Å². The van der Waals surface area contributed by atoms with Crippen molar-refractivity contribution in [2.45, 2.75) is 0 Å². The van der Waals surface area contributed by atoms with Crippen LogP contribution < -0.4 is 5.43 Å². The standard InChI is InChI=1S/C11H9N3O2S/c15-6-1-2-9-7(3-6)8(4-12-9)10-5-17-11(16)14-13-10/h1-4,12,15H,5H2,(H,14,16). The van der Waals surface area contributed by atoms with Crippen molar-refractivity contribution in [3.63, 3.8) is 0 Å². The number of carbonyl (C=O) groups excluding carboxylic acids is 1. The number of hydrazone groups is 1. The number of carbonyl (C=O) groups is 1. The van der Waals surface area contributed by atoms with Crippen molar-refractivity contribution in [2.75, 3.05) is 5.75 Å². The number of hydrogen-bond donors (Lipinski definition) is 3. The number of aromatic hydroxyl groups is 1. The number of phenols is 1. The van der Waals surface area contributed by atoms with E-state index in [1.807, 2.05) is 12.3 Å². The van der Waals surface area contributed by atoms with E-state index >= 15 is 0 Å². The molecule has 86 valence electrons. The number of aromatic nitrogens is 1. The summed E-state index contributed by atoms with van der Waals surface area (Å²) in [4.78, 5) is 14.1. The lowest BCUT2D eigenvalue weighted by Crippen LogP contribution is -2.23. The monoisotopic (exact) mass is 247 g/mol. The molecule has 0 spiro atoms. The maximum Gasteiger partial charge on any atom is 0.299 e. The molecule has 1 aromatic heterocycles. The molecule has 3 N–H and O–H groups in total. The topological polar surface area (TPSA) is 77.5 Å². The van der Waals surface area contributed by atoms with Crippen LogP contribution in [-0.2, 0) is 0 Å². The number of hydrogen-bond acceptors (Lipinski definition) is 4. The molecule has 1 amide bonds. The molecular formula is C11H9N3O2S. The lowest BCUT2D eigenvalue weighted by Gasteiger charge is -2.10. The van der Waals surface area contributed by atoms with Gasteiger partial charge in [0, 0.05) is 28.4 Å². The number of aromatic amines is 1. The van der Waals surface area contributed by atoms with Gasteiger partial charge in [-0.15, -0.1) is 0 Å². The first kappa shape index (κ1) is 10.2. The summed E-state index contributed by atoms with van der Waals surface area (Å²) in [6.07, 6.45) is 1.83. The summed E-state index contributed by atoms with van der Waals surface area (Å²) in [6.45, 7) is 0. The van der Waals surface area contributed by atoms with Crippen molar-refractivity contribution in [3.05, 3.63) is 30.0 Å². The third-order valence-corrected chi connectivity index (χ3v) is 3.37. The minimum atomic E-state index is -0.142. The molecule has 0 unspecified atom stereocenters. The SMILES string of the molecule is O=C1NN=C(c2c[nH]c3ccc(O)cc23)CS1. The quantitative estimate of drug-likeness (QED) is 0.721. The van der Waals surface area contributed by atoms with Gasteiger partial charge in [0.05, 0.1) is 5.71 Å². The largest absolute Gasteiger partial charge is 0.508 e. The minimum absolute atomic E-state index is 0.142. The molecule has 2 heterocycles. The summed E-state index contributed by atoms with van der Waals surface area (Å²) in [5, 5.41) is 14.3. The summed E-state index contributed by atoms with van der Waals surface area (Å²) in [7, 11) is 0. The number of fused-ring (bicyclic) bond motifs is 1. The van der Waals surface area contributed by atoms with Gasteiger partial charge in [0.2, 0.25) is 0 Å². The number of thioether (sulfide) groups is 1. The zero-order valence-electron chi connectivity index (χ0n) is 8.73. The maximum atomic E-state index is 11.0. The van der Waals surface area contributed by atoms with Crippen molar-refractivity contribution in [3.8, 4) is 5.75 Å². The molecule has 1 aliphatic rings. The zero-order chi connectivity index (χ0) is 11.8. The van der Waals surface area contributed by atoms with Gasteiger partial charge in [0.15, 0.2) is 0 Å². The van der Waals surface area contributed by atoms with E-state index in [9.17, 15) is 9.90 Å². The predicted octanol–water partition coefficient (Wildman–Crippen LogP) is 2.03. The number of nitrogens with one attached hydrogen (secondary N) is 2. The number of rotatable bonds is 1. The second kappa shape index (κ2) is 3.81. The Morgan fingerprint density at radius 3 is 3.06 bits per heavy atom. The molecule has 0 aliphatic carbocycles. The highest BCUT2D eigenvalue weighted by Crippen LogP contribution is 2.25. The van der Waals surface area contributed by atoms with Crippen molar-refractivity contribution in [1.82, 2.24) is 10.4 Å². The molecule has 1 aromatic carbocycles. The fourth-order valence-corrected chi connectivity index (χ4v) is 2.39. The first-order valence-corrected chi connectivity index (χ1v) is 6.02. The van der Waals surface area contributed by atoms with Gasteiger partial charge in [0.1, 0.15) is 5.75 Å². The van der Waals surface area contributed by atoms with Crippen LogP contribution >= 0.6 is 11.8 Å². The molecule has 0 fully saturated rings. The van der Waals surface area contributed by atoms with Gasteiger partial charge in [-0.2, -0.15) is 5.10 Å². The van der Waals surface area contributed by atoms with E-state index in [2.05, 4.69) is 15.5 Å². The molecule has 0 bridgehead atoms. The average molecular weight is 247 g/mol. The number of benzene rings is 1. The lowest BCUT2D eigenvalue weighted by molar-refractivity contribution is 0.261. The molecule has 0 saturated carbocycles. The predicted molar refractivity (Wildman–Crippen MR) is 67.5 cm³/mol. The van der Waals surface area contributed by atoms with E-state index in [4.69, 9.17) is 0 Å². The Morgan fingerprint density at radius 2 is 2.29 bits per heavy atom. The van der Waals surface area contributed by atoms with E-state index in [1.54, 1.807) is 12.1 Å². The van der Waals surface area contributed by atoms with E-state index in [-0.39, 0.29) is 11.0 Å². The third-order valence-electron chi connectivity index (χ3n) is 2.60. The van der Waals surface area contributed by atoms with Crippen molar-refractivity contribution in [1.29, 1.82) is 0 Å². The van der Waals surface area contributed by atoms with E-state index in [0.29, 0.717) is 5.75 Å². The zero-order valence-corrected chi connectivity index (χ0v) is 9.54. The fourth-order valence-electron chi connectivity index (χ4n) is 1.80. The van der Waals surface area contributed by atoms with Gasteiger partial charge in [-0.05, 0) is 18.2 Å². The van der Waals surface area contributed by atoms with Gasteiger partial charge in [-0.3, -0.25) is 4.79 Å². The Hall–Kier alpha value is -1.95. The molecule has 1 aliphatic heterocycles. The van der Waals surface area contributed by atoms with Gasteiger partial charge in [-0.25, -0.2) is 5.43 Å². The highest BCUT2D eigenvalue weighted by molar-refractivity contribution is 8.14. The van der Waals surface area contributed by atoms with Gasteiger partial charge in [0.25, 0.3) is 5.24 Å². The summed E-state index contributed by atoms with van der Waals surface area (Å²) in [5.74, 6) is 0.750. The van der Waals surface area contributed by atoms with Crippen LogP contribution in [0.15, 0.2) is 29.5 Å². The molecule has 2 aromatic rings. The van der Waals surface area contributed by atoms with Crippen LogP contribution in [0, 0.1) is 0 Å². The molecular weight excluding hydrogens is 238 g/mol. The first-order chi connectivity index (χ1) is 8.24. The third kappa shape index (κ3) is 1.76. The Labute approximate surface area is 101 Å². The van der Waals surface area contributed by atoms with Crippen LogP contribution in [0.3, 0.4) is 0 Å². The van der Waals surface area contributed by atoms with E-state index < -0.39 is 0 Å². The highest BCUT2D eigenvalue weighted by Gasteiger charge is 2.17. The summed E-state index contributed by atoms with van der Waals surface area (Å²) in [6, 6.07) is 5.12. The highest BCUT2D eigenvalue weighted by atomic mass is 32.2. The number of H-pyrrole nitrogens is 1. The fraction of sp³-hybridized carbons (Fsp3) is 0.0909. The smallest absolute Gasteiger partial charge is 0.299 e. The van der Waals surface area contributed by atoms with Gasteiger partial charge >= 0.3 is 0 Å². The summed E-state index contributed by atoms with van der Waals surface area (Å²) in [5.41, 5.74) is 5.07. The molecule has 0 saturated heterocycles. The maximum absolute atomic E-state index is 11.0. The molecule has 0 atom stereocenters. The molecule has 6 heteroatoms. The Balaban J connectivity index is 2.11. The van der Waals surface area contributed by atoms with Crippen LogP contribution in [0.1, 0.15) is 5.56 Å². The first-order valence-electron chi connectivity index (χ1n) is 5.04. The molecule has 17 heavy (non-hydrogen) atoms. The minimum Gasteiger partial charge on any atom is -0.508 e. The number of amides is 1. The Kier molecular flexibility index (Phi) is 2.29. The van der Waals surface area contributed by atoms with Gasteiger partial charge < -0.3 is 10.1 Å². The van der Waals surface area contributed by atoms with Crippen molar-refractivity contribution < 1.29 is 9.90 Å². The van der Waals surface area contributed by atoms with Crippen molar-refractivity contribution in [2.24, 2.45) is 5.10 Å². The van der Waals surface area contributed by atoms with Crippen LogP contribution in [0.4, 0.5) is 4.79 Å². The second-order valence-corrected chi connectivity index (χ2v) is 4.63. The Morgan fingerprint density at radius 1 is 1.41 bits per heavy atom. The number of nitrogens with zero attached hydrogens (tertiary/aromatic N) is 1. The van der Waals surface area contributed by atoms with Gasteiger partial charge in [-0.1, -0.05) is 11.8 Å². The Bertz CT molecular complexity index is 633. The molecule has 3 rings (SSSR count). The summed E-state index contributed by atoms with van der Waals surface area (Å²) < 4.78 is 0. The number of phenolic OH excluding ortho intramolecular Hbond substituents is 1. The van der Waals surface area contributed by atoms with Crippen LogP contribution in [0.5, 0.6) is 5.75 Å².